The van der Waals surface area contributed by atoms with Crippen LogP contribution in [0.2, 0.25) is 0 Å². The van der Waals surface area contributed by atoms with Gasteiger partial charge >= 0.3 is 0 Å². The van der Waals surface area contributed by atoms with Crippen LogP contribution >= 0.6 is 11.3 Å². The maximum atomic E-state index is 12.6. The van der Waals surface area contributed by atoms with Gasteiger partial charge in [-0.25, -0.2) is 4.98 Å². The average Bonchev–Trinajstić information content (AvgIpc) is 3.22. The van der Waals surface area contributed by atoms with Crippen LogP contribution in [0.25, 0.3) is 10.2 Å². The Kier molecular flexibility index (Phi) is 5.64. The molecule has 0 bridgehead atoms. The number of thiazole rings is 1. The monoisotopic (exact) mass is 445 g/mol. The number of hydrogen-bond acceptors (Lipinski definition) is 6. The molecule has 1 atom stereocenters. The van der Waals surface area contributed by atoms with Crippen molar-refractivity contribution in [3.8, 4) is 11.5 Å². The van der Waals surface area contributed by atoms with Gasteiger partial charge in [-0.15, -0.1) is 11.3 Å². The van der Waals surface area contributed by atoms with E-state index in [0.717, 1.165) is 22.6 Å². The summed E-state index contributed by atoms with van der Waals surface area (Å²) in [5, 5.41) is 7.28. The first-order chi connectivity index (χ1) is 15.6. The van der Waals surface area contributed by atoms with Gasteiger partial charge < -0.3 is 20.1 Å². The van der Waals surface area contributed by atoms with E-state index >= 15 is 0 Å². The third-order valence-corrected chi connectivity index (χ3v) is 6.27. The van der Waals surface area contributed by atoms with E-state index in [0.29, 0.717) is 30.4 Å². The topological polar surface area (TPSA) is 72.5 Å². The molecule has 0 spiro atoms. The van der Waals surface area contributed by atoms with Crippen LogP contribution in [-0.4, -0.2) is 30.1 Å². The molecule has 0 fully saturated rings. The highest BCUT2D eigenvalue weighted by atomic mass is 32.1. The molecular formula is C25H23N3O3S. The number of fused-ring (bicyclic) bond motifs is 2. The number of anilines is 2. The Hall–Kier alpha value is -3.58. The molecule has 6 nitrogen and oxygen atoms in total. The second-order valence-electron chi connectivity index (χ2n) is 7.66. The van der Waals surface area contributed by atoms with Crippen molar-refractivity contribution in [2.24, 2.45) is 0 Å². The molecule has 1 aromatic heterocycles. The lowest BCUT2D eigenvalue weighted by molar-refractivity contribution is -0.116. The molecule has 0 saturated carbocycles. The number of nitrogens with zero attached hydrogens (tertiary/aromatic N) is 1. The average molecular weight is 446 g/mol. The van der Waals surface area contributed by atoms with Gasteiger partial charge in [0.05, 0.1) is 15.2 Å². The molecule has 1 aliphatic rings. The minimum atomic E-state index is -0.404. The lowest BCUT2D eigenvalue weighted by atomic mass is 10.1. The number of aromatic nitrogens is 1. The van der Waals surface area contributed by atoms with Crippen molar-refractivity contribution < 1.29 is 14.3 Å². The Balaban J connectivity index is 1.18. The van der Waals surface area contributed by atoms with Crippen molar-refractivity contribution >= 4 is 38.8 Å². The van der Waals surface area contributed by atoms with Crippen LogP contribution in [0.4, 0.5) is 11.4 Å². The minimum absolute atomic E-state index is 0.125. The second-order valence-corrected chi connectivity index (χ2v) is 8.78. The Morgan fingerprint density at radius 3 is 2.56 bits per heavy atom. The number of para-hydroxylation sites is 1. The summed E-state index contributed by atoms with van der Waals surface area (Å²) in [6, 6.07) is 21.3. The second kappa shape index (κ2) is 8.88. The van der Waals surface area contributed by atoms with Gasteiger partial charge in [-0.05, 0) is 48.9 Å². The first-order valence-electron chi connectivity index (χ1n) is 10.5. The van der Waals surface area contributed by atoms with Crippen LogP contribution in [0.15, 0.2) is 66.7 Å². The van der Waals surface area contributed by atoms with Gasteiger partial charge in [-0.1, -0.05) is 24.3 Å². The Labute approximate surface area is 190 Å². The van der Waals surface area contributed by atoms with E-state index in [1.54, 1.807) is 17.4 Å². The zero-order chi connectivity index (χ0) is 21.9. The number of benzene rings is 3. The highest BCUT2D eigenvalue weighted by Crippen LogP contribution is 2.32. The molecule has 5 rings (SSSR count). The van der Waals surface area contributed by atoms with Crippen molar-refractivity contribution in [1.82, 2.24) is 4.98 Å². The van der Waals surface area contributed by atoms with E-state index in [1.807, 2.05) is 49.4 Å². The molecule has 1 unspecified atom stereocenters. The number of amides is 1. The van der Waals surface area contributed by atoms with E-state index in [4.69, 9.17) is 14.5 Å². The number of hydrogen-bond donors (Lipinski definition) is 2. The Bertz CT molecular complexity index is 1220. The summed E-state index contributed by atoms with van der Waals surface area (Å²) < 4.78 is 12.3. The molecule has 4 aromatic rings. The fourth-order valence-electron chi connectivity index (χ4n) is 3.58. The molecule has 1 aliphatic heterocycles. The molecule has 3 aromatic carbocycles. The van der Waals surface area contributed by atoms with Crippen molar-refractivity contribution in [2.75, 3.05) is 23.8 Å². The number of ether oxygens (including phenoxy) is 2. The molecule has 0 aliphatic carbocycles. The summed E-state index contributed by atoms with van der Waals surface area (Å²) in [6.45, 7) is 2.89. The summed E-state index contributed by atoms with van der Waals surface area (Å²) in [7, 11) is 0. The summed E-state index contributed by atoms with van der Waals surface area (Å²) in [6.07, 6.45) is 0.791. The number of rotatable bonds is 6. The van der Waals surface area contributed by atoms with E-state index in [1.165, 1.54) is 10.3 Å². The van der Waals surface area contributed by atoms with Gasteiger partial charge in [-0.2, -0.15) is 0 Å². The van der Waals surface area contributed by atoms with Crippen molar-refractivity contribution in [3.63, 3.8) is 0 Å². The third kappa shape index (κ3) is 4.53. The molecule has 1 amide bonds. The highest BCUT2D eigenvalue weighted by Gasteiger charge is 2.16. The molecule has 32 heavy (non-hydrogen) atoms. The van der Waals surface area contributed by atoms with Crippen LogP contribution in [0.1, 0.15) is 17.5 Å². The summed E-state index contributed by atoms with van der Waals surface area (Å²) in [5.41, 5.74) is 3.80. The highest BCUT2D eigenvalue weighted by molar-refractivity contribution is 7.18. The van der Waals surface area contributed by atoms with Crippen molar-refractivity contribution in [1.29, 1.82) is 0 Å². The predicted molar refractivity (Wildman–Crippen MR) is 128 cm³/mol. The smallest absolute Gasteiger partial charge is 0.246 e. The standard InChI is InChI=1S/C25H23N3O3S/c1-16(25(29)27-19-10-11-21-22(15-19)31-13-12-30-21)26-18-8-6-17(7-9-18)14-24-28-20-4-2-3-5-23(20)32-24/h2-11,15-16,26H,12-14H2,1H3,(H,27,29). The maximum Gasteiger partial charge on any atom is 0.246 e. The van der Waals surface area contributed by atoms with E-state index < -0.39 is 6.04 Å². The predicted octanol–water partition coefficient (Wildman–Crippen LogP) is 5.10. The summed E-state index contributed by atoms with van der Waals surface area (Å²) >= 11 is 1.72. The SMILES string of the molecule is CC(Nc1ccc(Cc2nc3ccccc3s2)cc1)C(=O)Nc1ccc2c(c1)OCCO2. The molecule has 0 radical (unpaired) electrons. The zero-order valence-corrected chi connectivity index (χ0v) is 18.4. The number of carbonyl (C=O) groups excluding carboxylic acids is 1. The third-order valence-electron chi connectivity index (χ3n) is 5.23. The molecule has 162 valence electrons. The van der Waals surface area contributed by atoms with Crippen molar-refractivity contribution in [2.45, 2.75) is 19.4 Å². The van der Waals surface area contributed by atoms with Crippen molar-refractivity contribution in [3.05, 3.63) is 77.3 Å². The quantitative estimate of drug-likeness (QED) is 0.432. The van der Waals surface area contributed by atoms with E-state index in [-0.39, 0.29) is 5.91 Å². The van der Waals surface area contributed by atoms with E-state index in [9.17, 15) is 4.79 Å². The largest absolute Gasteiger partial charge is 0.486 e. The van der Waals surface area contributed by atoms with Gasteiger partial charge in [-0.3, -0.25) is 4.79 Å². The van der Waals surface area contributed by atoms with Gasteiger partial charge in [0, 0.05) is 23.9 Å². The molecule has 2 N–H and O–H groups in total. The lowest BCUT2D eigenvalue weighted by Gasteiger charge is -2.20. The fourth-order valence-corrected chi connectivity index (χ4v) is 4.58. The molecular weight excluding hydrogens is 422 g/mol. The summed E-state index contributed by atoms with van der Waals surface area (Å²) in [4.78, 5) is 17.3. The minimum Gasteiger partial charge on any atom is -0.486 e. The normalized spacial score (nSPS) is 13.5. The Morgan fingerprint density at radius 2 is 1.75 bits per heavy atom. The molecule has 0 saturated heterocycles. The van der Waals surface area contributed by atoms with Crippen LogP contribution in [-0.2, 0) is 11.2 Å². The molecule has 7 heteroatoms. The fraction of sp³-hybridized carbons (Fsp3) is 0.200. The first-order valence-corrected chi connectivity index (χ1v) is 11.4. The zero-order valence-electron chi connectivity index (χ0n) is 17.6. The van der Waals surface area contributed by atoms with Gasteiger partial charge in [0.25, 0.3) is 0 Å². The molecule has 2 heterocycles. The number of nitrogens with one attached hydrogen (secondary N) is 2. The van der Waals surface area contributed by atoms with Gasteiger partial charge in [0.15, 0.2) is 11.5 Å². The van der Waals surface area contributed by atoms with Crippen LogP contribution in [0, 0.1) is 0 Å². The lowest BCUT2D eigenvalue weighted by Crippen LogP contribution is -2.31. The van der Waals surface area contributed by atoms with Crippen LogP contribution in [0.3, 0.4) is 0 Å². The first kappa shape index (κ1) is 20.3. The summed E-state index contributed by atoms with van der Waals surface area (Å²) in [5.74, 6) is 1.23. The Morgan fingerprint density at radius 1 is 1.00 bits per heavy atom. The van der Waals surface area contributed by atoms with Gasteiger partial charge in [0.1, 0.15) is 19.3 Å². The maximum absolute atomic E-state index is 12.6. The van der Waals surface area contributed by atoms with Crippen LogP contribution in [0.5, 0.6) is 11.5 Å². The van der Waals surface area contributed by atoms with E-state index in [2.05, 4.69) is 28.8 Å². The number of carbonyl (C=O) groups is 1. The van der Waals surface area contributed by atoms with Gasteiger partial charge in [0.2, 0.25) is 5.91 Å². The van der Waals surface area contributed by atoms with Crippen LogP contribution < -0.4 is 20.1 Å².